The average molecular weight is 245 g/mol. The fourth-order valence-corrected chi connectivity index (χ4v) is 1.82. The number of nitrogens with one attached hydrogen (secondary N) is 1. The van der Waals surface area contributed by atoms with E-state index in [4.69, 9.17) is 0 Å². The zero-order valence-electron chi connectivity index (χ0n) is 10.0. The molecule has 0 atom stereocenters. The SMILES string of the molecule is O=C(NN=Cc1ccccc1)C(=O)N1CCCC1. The van der Waals surface area contributed by atoms with Crippen molar-refractivity contribution in [2.75, 3.05) is 13.1 Å². The van der Waals surface area contributed by atoms with Crippen LogP contribution in [0.4, 0.5) is 0 Å². The van der Waals surface area contributed by atoms with Gasteiger partial charge in [0.05, 0.1) is 6.21 Å². The van der Waals surface area contributed by atoms with Crippen molar-refractivity contribution in [3.8, 4) is 0 Å². The highest BCUT2D eigenvalue weighted by Crippen LogP contribution is 2.07. The molecule has 1 heterocycles. The highest BCUT2D eigenvalue weighted by Gasteiger charge is 2.23. The van der Waals surface area contributed by atoms with Crippen molar-refractivity contribution < 1.29 is 9.59 Å². The largest absolute Gasteiger partial charge is 0.334 e. The Hall–Kier alpha value is -2.17. The molecule has 1 aromatic carbocycles. The number of benzene rings is 1. The van der Waals surface area contributed by atoms with Crippen molar-refractivity contribution in [3.63, 3.8) is 0 Å². The number of rotatable bonds is 2. The number of carbonyl (C=O) groups is 2. The van der Waals surface area contributed by atoms with Crippen molar-refractivity contribution in [1.82, 2.24) is 10.3 Å². The lowest BCUT2D eigenvalue weighted by Gasteiger charge is -2.12. The van der Waals surface area contributed by atoms with Gasteiger partial charge in [-0.3, -0.25) is 9.59 Å². The summed E-state index contributed by atoms with van der Waals surface area (Å²) in [5.41, 5.74) is 3.11. The first-order chi connectivity index (χ1) is 8.77. The molecule has 1 fully saturated rings. The molecular weight excluding hydrogens is 230 g/mol. The molecule has 0 unspecified atom stereocenters. The molecule has 94 valence electrons. The quantitative estimate of drug-likeness (QED) is 0.475. The molecule has 0 saturated carbocycles. The van der Waals surface area contributed by atoms with Gasteiger partial charge in [-0.15, -0.1) is 0 Å². The van der Waals surface area contributed by atoms with Crippen LogP contribution in [0.1, 0.15) is 18.4 Å². The van der Waals surface area contributed by atoms with E-state index in [-0.39, 0.29) is 0 Å². The summed E-state index contributed by atoms with van der Waals surface area (Å²) in [4.78, 5) is 24.7. The van der Waals surface area contributed by atoms with Crippen molar-refractivity contribution in [2.45, 2.75) is 12.8 Å². The van der Waals surface area contributed by atoms with E-state index in [0.29, 0.717) is 13.1 Å². The predicted octanol–water partition coefficient (Wildman–Crippen LogP) is 0.759. The molecule has 5 heteroatoms. The Balaban J connectivity index is 1.84. The Morgan fingerprint density at radius 2 is 1.83 bits per heavy atom. The summed E-state index contributed by atoms with van der Waals surface area (Å²) >= 11 is 0. The summed E-state index contributed by atoms with van der Waals surface area (Å²) in [7, 11) is 0. The highest BCUT2D eigenvalue weighted by atomic mass is 16.2. The van der Waals surface area contributed by atoms with E-state index in [1.54, 1.807) is 4.90 Å². The third-order valence-corrected chi connectivity index (χ3v) is 2.77. The van der Waals surface area contributed by atoms with Crippen LogP contribution in [0, 0.1) is 0 Å². The van der Waals surface area contributed by atoms with Crippen LogP contribution in [0.5, 0.6) is 0 Å². The zero-order valence-corrected chi connectivity index (χ0v) is 10.0. The maximum atomic E-state index is 11.6. The van der Waals surface area contributed by atoms with Gasteiger partial charge in [0.25, 0.3) is 0 Å². The lowest BCUT2D eigenvalue weighted by molar-refractivity contribution is -0.145. The molecule has 0 radical (unpaired) electrons. The first-order valence-electron chi connectivity index (χ1n) is 5.95. The molecule has 0 aromatic heterocycles. The Morgan fingerprint density at radius 1 is 1.17 bits per heavy atom. The molecule has 0 aliphatic carbocycles. The average Bonchev–Trinajstić information content (AvgIpc) is 2.93. The fourth-order valence-electron chi connectivity index (χ4n) is 1.82. The summed E-state index contributed by atoms with van der Waals surface area (Å²) in [6, 6.07) is 9.36. The number of hydrazone groups is 1. The first-order valence-corrected chi connectivity index (χ1v) is 5.95. The van der Waals surface area contributed by atoms with E-state index < -0.39 is 11.8 Å². The van der Waals surface area contributed by atoms with Crippen LogP contribution in [0.15, 0.2) is 35.4 Å². The van der Waals surface area contributed by atoms with Gasteiger partial charge in [-0.25, -0.2) is 5.43 Å². The minimum Gasteiger partial charge on any atom is -0.334 e. The molecule has 1 N–H and O–H groups in total. The Morgan fingerprint density at radius 3 is 2.50 bits per heavy atom. The molecule has 5 nitrogen and oxygen atoms in total. The number of hydrogen-bond acceptors (Lipinski definition) is 3. The molecular formula is C13H15N3O2. The molecule has 2 amide bonds. The van der Waals surface area contributed by atoms with E-state index in [0.717, 1.165) is 18.4 Å². The topological polar surface area (TPSA) is 61.8 Å². The third kappa shape index (κ3) is 3.16. The third-order valence-electron chi connectivity index (χ3n) is 2.77. The second-order valence-corrected chi connectivity index (χ2v) is 4.11. The van der Waals surface area contributed by atoms with Crippen molar-refractivity contribution in [2.24, 2.45) is 5.10 Å². The molecule has 1 aliphatic rings. The maximum Gasteiger partial charge on any atom is 0.329 e. The van der Waals surface area contributed by atoms with E-state index in [2.05, 4.69) is 10.5 Å². The molecule has 1 aliphatic heterocycles. The molecule has 2 rings (SSSR count). The van der Waals surface area contributed by atoms with Crippen LogP contribution in [-0.4, -0.2) is 36.0 Å². The van der Waals surface area contributed by atoms with E-state index in [9.17, 15) is 9.59 Å². The van der Waals surface area contributed by atoms with Crippen molar-refractivity contribution in [3.05, 3.63) is 35.9 Å². The normalized spacial score (nSPS) is 15.0. The molecule has 1 saturated heterocycles. The zero-order chi connectivity index (χ0) is 12.8. The number of hydrogen-bond donors (Lipinski definition) is 1. The van der Waals surface area contributed by atoms with Gasteiger partial charge in [0.1, 0.15) is 0 Å². The van der Waals surface area contributed by atoms with Crippen LogP contribution >= 0.6 is 0 Å². The summed E-state index contributed by atoms with van der Waals surface area (Å²) in [5, 5.41) is 3.76. The van der Waals surface area contributed by atoms with Gasteiger partial charge < -0.3 is 4.90 Å². The second kappa shape index (κ2) is 5.95. The van der Waals surface area contributed by atoms with Gasteiger partial charge >= 0.3 is 11.8 Å². The van der Waals surface area contributed by atoms with Crippen molar-refractivity contribution in [1.29, 1.82) is 0 Å². The van der Waals surface area contributed by atoms with Gasteiger partial charge in [0.2, 0.25) is 0 Å². The lowest BCUT2D eigenvalue weighted by atomic mass is 10.2. The standard InChI is InChI=1S/C13H15N3O2/c17-12(13(18)16-8-4-5-9-16)15-14-10-11-6-2-1-3-7-11/h1-3,6-7,10H,4-5,8-9H2,(H,15,17). The van der Waals surface area contributed by atoms with Crippen LogP contribution < -0.4 is 5.43 Å². The number of nitrogens with zero attached hydrogens (tertiary/aromatic N) is 2. The van der Waals surface area contributed by atoms with Gasteiger partial charge in [-0.1, -0.05) is 30.3 Å². The molecule has 0 spiro atoms. The van der Waals surface area contributed by atoms with Crippen LogP contribution in [0.3, 0.4) is 0 Å². The number of likely N-dealkylation sites (tertiary alicyclic amines) is 1. The minimum atomic E-state index is -0.677. The Bertz CT molecular complexity index is 451. The van der Waals surface area contributed by atoms with E-state index in [1.165, 1.54) is 6.21 Å². The van der Waals surface area contributed by atoms with Gasteiger partial charge in [0.15, 0.2) is 0 Å². The van der Waals surface area contributed by atoms with E-state index in [1.807, 2.05) is 30.3 Å². The van der Waals surface area contributed by atoms with Crippen LogP contribution in [0.2, 0.25) is 0 Å². The molecule has 18 heavy (non-hydrogen) atoms. The minimum absolute atomic E-state index is 0.502. The number of carbonyl (C=O) groups excluding carboxylic acids is 2. The van der Waals surface area contributed by atoms with Gasteiger partial charge in [-0.2, -0.15) is 5.10 Å². The smallest absolute Gasteiger partial charge is 0.329 e. The highest BCUT2D eigenvalue weighted by molar-refractivity contribution is 6.35. The maximum absolute atomic E-state index is 11.6. The lowest BCUT2D eigenvalue weighted by Crippen LogP contribution is -2.39. The Labute approximate surface area is 105 Å². The summed E-state index contributed by atoms with van der Waals surface area (Å²) in [5.74, 6) is -1.18. The number of amides is 2. The summed E-state index contributed by atoms with van der Waals surface area (Å²) in [6.45, 7) is 1.32. The predicted molar refractivity (Wildman–Crippen MR) is 68.0 cm³/mol. The van der Waals surface area contributed by atoms with Crippen LogP contribution in [-0.2, 0) is 9.59 Å². The van der Waals surface area contributed by atoms with E-state index >= 15 is 0 Å². The van der Waals surface area contributed by atoms with Gasteiger partial charge in [0, 0.05) is 13.1 Å². The summed E-state index contributed by atoms with van der Waals surface area (Å²) < 4.78 is 0. The molecule has 0 bridgehead atoms. The van der Waals surface area contributed by atoms with Gasteiger partial charge in [-0.05, 0) is 18.4 Å². The monoisotopic (exact) mass is 245 g/mol. The Kier molecular flexibility index (Phi) is 4.06. The molecule has 1 aromatic rings. The summed E-state index contributed by atoms with van der Waals surface area (Å²) in [6.07, 6.45) is 3.44. The van der Waals surface area contributed by atoms with Crippen molar-refractivity contribution >= 4 is 18.0 Å². The first kappa shape index (κ1) is 12.3. The van der Waals surface area contributed by atoms with Crippen LogP contribution in [0.25, 0.3) is 0 Å². The second-order valence-electron chi connectivity index (χ2n) is 4.11. The fraction of sp³-hybridized carbons (Fsp3) is 0.308.